The number of nitrogens with zero attached hydrogens (tertiary/aromatic N) is 1. The van der Waals surface area contributed by atoms with Crippen LogP contribution >= 0.6 is 0 Å². The van der Waals surface area contributed by atoms with E-state index in [1.54, 1.807) is 36.4 Å². The van der Waals surface area contributed by atoms with E-state index in [9.17, 15) is 8.42 Å². The second-order valence-corrected chi connectivity index (χ2v) is 6.14. The second-order valence-electron chi connectivity index (χ2n) is 4.21. The van der Waals surface area contributed by atoms with E-state index >= 15 is 0 Å². The van der Waals surface area contributed by atoms with E-state index in [1.807, 2.05) is 19.9 Å². The van der Waals surface area contributed by atoms with Gasteiger partial charge in [-0.1, -0.05) is 35.9 Å². The highest BCUT2D eigenvalue weighted by Gasteiger charge is 2.21. The van der Waals surface area contributed by atoms with Crippen molar-refractivity contribution in [1.82, 2.24) is 4.31 Å². The average molecular weight is 265 g/mol. The highest BCUT2D eigenvalue weighted by molar-refractivity contribution is 7.89. The van der Waals surface area contributed by atoms with E-state index < -0.39 is 10.0 Å². The molecule has 1 aromatic rings. The van der Waals surface area contributed by atoms with Crippen LogP contribution in [0, 0.1) is 0 Å². The molecule has 0 aliphatic carbocycles. The van der Waals surface area contributed by atoms with Crippen LogP contribution in [-0.2, 0) is 10.0 Å². The lowest BCUT2D eigenvalue weighted by molar-refractivity contribution is 0.473. The molecule has 4 heteroatoms. The number of hydrogen-bond acceptors (Lipinski definition) is 2. The zero-order valence-corrected chi connectivity index (χ0v) is 11.7. The molecule has 0 radical (unpaired) electrons. The molecular weight excluding hydrogens is 246 g/mol. The van der Waals surface area contributed by atoms with Gasteiger partial charge in [-0.15, -0.1) is 6.58 Å². The average Bonchev–Trinajstić information content (AvgIpc) is 2.35. The molecule has 0 unspecified atom stereocenters. The van der Waals surface area contributed by atoms with Gasteiger partial charge < -0.3 is 0 Å². The Balaban J connectivity index is 3.05. The van der Waals surface area contributed by atoms with E-state index in [0.717, 1.165) is 5.57 Å². The third-order valence-electron chi connectivity index (χ3n) is 2.42. The van der Waals surface area contributed by atoms with Crippen molar-refractivity contribution >= 4 is 10.0 Å². The van der Waals surface area contributed by atoms with Crippen LogP contribution in [0.15, 0.2) is 59.5 Å². The van der Waals surface area contributed by atoms with Crippen molar-refractivity contribution in [2.75, 3.05) is 13.1 Å². The predicted molar refractivity (Wildman–Crippen MR) is 74.8 cm³/mol. The van der Waals surface area contributed by atoms with Crippen LogP contribution < -0.4 is 0 Å². The van der Waals surface area contributed by atoms with Crippen molar-refractivity contribution in [2.24, 2.45) is 0 Å². The highest BCUT2D eigenvalue weighted by atomic mass is 32.2. The maximum Gasteiger partial charge on any atom is 0.243 e. The molecule has 0 aliphatic rings. The van der Waals surface area contributed by atoms with Gasteiger partial charge in [-0.25, -0.2) is 8.42 Å². The molecule has 0 atom stereocenters. The van der Waals surface area contributed by atoms with Gasteiger partial charge in [-0.3, -0.25) is 0 Å². The van der Waals surface area contributed by atoms with Crippen molar-refractivity contribution in [2.45, 2.75) is 18.7 Å². The summed E-state index contributed by atoms with van der Waals surface area (Å²) in [5.74, 6) is 0. The van der Waals surface area contributed by atoms with Crippen molar-refractivity contribution in [3.63, 3.8) is 0 Å². The molecule has 0 spiro atoms. The first-order valence-corrected chi connectivity index (χ1v) is 7.22. The summed E-state index contributed by atoms with van der Waals surface area (Å²) in [5, 5.41) is 0. The molecule has 1 aromatic carbocycles. The number of hydrogen-bond donors (Lipinski definition) is 0. The first kappa shape index (κ1) is 14.7. The van der Waals surface area contributed by atoms with Gasteiger partial charge >= 0.3 is 0 Å². The van der Waals surface area contributed by atoms with Crippen molar-refractivity contribution in [3.8, 4) is 0 Å². The Hall–Kier alpha value is -1.39. The van der Waals surface area contributed by atoms with Gasteiger partial charge in [-0.05, 0) is 26.0 Å². The summed E-state index contributed by atoms with van der Waals surface area (Å²) >= 11 is 0. The predicted octanol–water partition coefficient (Wildman–Crippen LogP) is 2.83. The Labute approximate surface area is 109 Å². The lowest BCUT2D eigenvalue weighted by Crippen LogP contribution is -2.31. The normalized spacial score (nSPS) is 11.3. The van der Waals surface area contributed by atoms with Gasteiger partial charge in [0.25, 0.3) is 0 Å². The Bertz CT molecular complexity index is 514. The summed E-state index contributed by atoms with van der Waals surface area (Å²) in [6.45, 7) is 8.17. The van der Waals surface area contributed by atoms with E-state index in [2.05, 4.69) is 6.58 Å². The minimum atomic E-state index is -3.44. The standard InChI is InChI=1S/C14H19NO2S/c1-4-11-15(12-10-13(2)3)18(16,17)14-8-6-5-7-9-14/h4-10H,1,11-12H2,2-3H3. The van der Waals surface area contributed by atoms with Gasteiger partial charge in [0.2, 0.25) is 10.0 Å². The zero-order chi connectivity index (χ0) is 13.6. The molecule has 0 aliphatic heterocycles. The van der Waals surface area contributed by atoms with Crippen LogP contribution in [0.25, 0.3) is 0 Å². The molecule has 0 N–H and O–H groups in total. The first-order valence-electron chi connectivity index (χ1n) is 5.78. The van der Waals surface area contributed by atoms with E-state index in [0.29, 0.717) is 18.0 Å². The number of rotatable bonds is 6. The fourth-order valence-corrected chi connectivity index (χ4v) is 2.81. The smallest absolute Gasteiger partial charge is 0.207 e. The third-order valence-corrected chi connectivity index (χ3v) is 4.26. The topological polar surface area (TPSA) is 37.4 Å². The van der Waals surface area contributed by atoms with Gasteiger partial charge in [0, 0.05) is 13.1 Å². The zero-order valence-electron chi connectivity index (χ0n) is 10.8. The minimum Gasteiger partial charge on any atom is -0.207 e. The summed E-state index contributed by atoms with van der Waals surface area (Å²) in [4.78, 5) is 0.314. The van der Waals surface area contributed by atoms with Gasteiger partial charge in [-0.2, -0.15) is 4.31 Å². The van der Waals surface area contributed by atoms with Crippen molar-refractivity contribution in [3.05, 3.63) is 54.6 Å². The monoisotopic (exact) mass is 265 g/mol. The van der Waals surface area contributed by atoms with Crippen LogP contribution in [0.4, 0.5) is 0 Å². The number of allylic oxidation sites excluding steroid dienone is 1. The molecule has 0 saturated carbocycles. The molecule has 1 rings (SSSR count). The summed E-state index contributed by atoms with van der Waals surface area (Å²) in [7, 11) is -3.44. The molecule has 18 heavy (non-hydrogen) atoms. The molecule has 0 fully saturated rings. The molecule has 98 valence electrons. The molecule has 0 amide bonds. The Morgan fingerprint density at radius 1 is 1.22 bits per heavy atom. The Morgan fingerprint density at radius 3 is 2.33 bits per heavy atom. The molecule has 0 saturated heterocycles. The van der Waals surface area contributed by atoms with E-state index in [4.69, 9.17) is 0 Å². The molecular formula is C14H19NO2S. The highest BCUT2D eigenvalue weighted by Crippen LogP contribution is 2.15. The number of sulfonamides is 1. The van der Waals surface area contributed by atoms with Gasteiger partial charge in [0.1, 0.15) is 0 Å². The lowest BCUT2D eigenvalue weighted by atomic mass is 10.3. The molecule has 0 bridgehead atoms. The minimum absolute atomic E-state index is 0.307. The van der Waals surface area contributed by atoms with Crippen LogP contribution in [0.5, 0.6) is 0 Å². The third kappa shape index (κ3) is 3.82. The lowest BCUT2D eigenvalue weighted by Gasteiger charge is -2.19. The van der Waals surface area contributed by atoms with Gasteiger partial charge in [0.15, 0.2) is 0 Å². The molecule has 0 aromatic heterocycles. The molecule has 3 nitrogen and oxygen atoms in total. The maximum atomic E-state index is 12.4. The van der Waals surface area contributed by atoms with Crippen molar-refractivity contribution < 1.29 is 8.42 Å². The summed E-state index contributed by atoms with van der Waals surface area (Å²) in [6, 6.07) is 8.45. The summed E-state index contributed by atoms with van der Waals surface area (Å²) in [5.41, 5.74) is 1.09. The largest absolute Gasteiger partial charge is 0.243 e. The van der Waals surface area contributed by atoms with Crippen LogP contribution in [0.3, 0.4) is 0 Å². The molecule has 0 heterocycles. The Morgan fingerprint density at radius 2 is 1.83 bits per heavy atom. The van der Waals surface area contributed by atoms with E-state index in [-0.39, 0.29) is 0 Å². The number of benzene rings is 1. The van der Waals surface area contributed by atoms with Crippen LogP contribution in [-0.4, -0.2) is 25.8 Å². The Kier molecular flexibility index (Phi) is 5.31. The first-order chi connectivity index (χ1) is 8.48. The van der Waals surface area contributed by atoms with Crippen LogP contribution in [0.2, 0.25) is 0 Å². The second kappa shape index (κ2) is 6.52. The fourth-order valence-electron chi connectivity index (χ4n) is 1.44. The van der Waals surface area contributed by atoms with Crippen LogP contribution in [0.1, 0.15) is 13.8 Å². The van der Waals surface area contributed by atoms with Crippen molar-refractivity contribution in [1.29, 1.82) is 0 Å². The fraction of sp³-hybridized carbons (Fsp3) is 0.286. The van der Waals surface area contributed by atoms with Gasteiger partial charge in [0.05, 0.1) is 4.90 Å². The SMILES string of the molecule is C=CCN(CC=C(C)C)S(=O)(=O)c1ccccc1. The maximum absolute atomic E-state index is 12.4. The summed E-state index contributed by atoms with van der Waals surface area (Å²) in [6.07, 6.45) is 3.49. The quantitative estimate of drug-likeness (QED) is 0.742. The van der Waals surface area contributed by atoms with E-state index in [1.165, 1.54) is 4.31 Å². The summed E-state index contributed by atoms with van der Waals surface area (Å²) < 4.78 is 26.2.